The number of benzene rings is 1. The Bertz CT molecular complexity index is 556. The molecule has 100 valence electrons. The molecule has 0 fully saturated rings. The number of aliphatic carboxylic acids is 1. The molecule has 2 aromatic rings. The van der Waals surface area contributed by atoms with E-state index in [1.54, 1.807) is 12.5 Å². The summed E-state index contributed by atoms with van der Waals surface area (Å²) in [5, 5.41) is 11.2. The van der Waals surface area contributed by atoms with Crippen LogP contribution in [0.1, 0.15) is 28.4 Å². The molecular weight excluding hydrogens is 264 g/mol. The third-order valence-electron chi connectivity index (χ3n) is 2.69. The fourth-order valence-corrected chi connectivity index (χ4v) is 2.65. The first-order valence-corrected chi connectivity index (χ1v) is 6.53. The average Bonchev–Trinajstić information content (AvgIpc) is 2.89. The number of thiazole rings is 1. The Morgan fingerprint density at radius 3 is 2.68 bits per heavy atom. The third kappa shape index (κ3) is 2.98. The van der Waals surface area contributed by atoms with E-state index < -0.39 is 12.0 Å². The molecule has 5 nitrogen and oxygen atoms in total. The molecule has 6 heteroatoms. The number of hydrogen-bond acceptors (Lipinski definition) is 5. The molecule has 0 aliphatic heterocycles. The Morgan fingerprint density at radius 2 is 2.11 bits per heavy atom. The van der Waals surface area contributed by atoms with Gasteiger partial charge in [-0.3, -0.25) is 4.79 Å². The third-order valence-corrected chi connectivity index (χ3v) is 3.59. The van der Waals surface area contributed by atoms with Crippen LogP contribution in [0.5, 0.6) is 0 Å². The molecule has 0 bridgehead atoms. The summed E-state index contributed by atoms with van der Waals surface area (Å²) in [6.45, 7) is 0. The van der Waals surface area contributed by atoms with Crippen LogP contribution in [-0.2, 0) is 9.53 Å². The van der Waals surface area contributed by atoms with Crippen molar-refractivity contribution in [1.82, 2.24) is 4.98 Å². The monoisotopic (exact) mass is 278 g/mol. The molecule has 2 rings (SSSR count). The van der Waals surface area contributed by atoms with Gasteiger partial charge in [0.05, 0.1) is 5.69 Å². The normalized spacial score (nSPS) is 14.0. The van der Waals surface area contributed by atoms with Crippen LogP contribution >= 0.6 is 11.3 Å². The van der Waals surface area contributed by atoms with Gasteiger partial charge in [-0.2, -0.15) is 0 Å². The highest BCUT2D eigenvalue weighted by Crippen LogP contribution is 2.29. The first kappa shape index (κ1) is 13.7. The molecule has 0 saturated carbocycles. The van der Waals surface area contributed by atoms with Gasteiger partial charge in [0.1, 0.15) is 17.2 Å². The molecule has 0 saturated heterocycles. The minimum atomic E-state index is -1.10. The Morgan fingerprint density at radius 1 is 1.42 bits per heavy atom. The van der Waals surface area contributed by atoms with Gasteiger partial charge in [0.2, 0.25) is 0 Å². The van der Waals surface area contributed by atoms with Crippen molar-refractivity contribution in [3.8, 4) is 0 Å². The van der Waals surface area contributed by atoms with Crippen molar-refractivity contribution in [2.24, 2.45) is 5.73 Å². The fraction of sp³-hybridized carbons (Fsp3) is 0.231. The van der Waals surface area contributed by atoms with Crippen LogP contribution < -0.4 is 5.73 Å². The molecule has 1 heterocycles. The summed E-state index contributed by atoms with van der Waals surface area (Å²) < 4.78 is 5.44. The van der Waals surface area contributed by atoms with Crippen LogP contribution in [0.25, 0.3) is 0 Å². The lowest BCUT2D eigenvalue weighted by Gasteiger charge is -2.12. The van der Waals surface area contributed by atoms with Crippen molar-refractivity contribution in [3.63, 3.8) is 0 Å². The molecule has 19 heavy (non-hydrogen) atoms. The zero-order valence-electron chi connectivity index (χ0n) is 10.3. The average molecular weight is 278 g/mol. The Labute approximate surface area is 114 Å². The summed E-state index contributed by atoms with van der Waals surface area (Å²) in [5.74, 6) is -1.09. The number of ether oxygens (including phenoxy) is 1. The lowest BCUT2D eigenvalue weighted by atomic mass is 10.1. The van der Waals surface area contributed by atoms with E-state index in [1.165, 1.54) is 11.3 Å². The van der Waals surface area contributed by atoms with Gasteiger partial charge < -0.3 is 15.6 Å². The standard InChI is InChI=1S/C13H14N2O3S/c1-18-11(8-5-3-2-4-6-8)12-15-9(7-19-12)10(14)13(16)17/h2-7,10-11H,14H2,1H3,(H,16,17). The topological polar surface area (TPSA) is 85.4 Å². The highest BCUT2D eigenvalue weighted by molar-refractivity contribution is 7.09. The number of rotatable bonds is 5. The number of hydrogen-bond donors (Lipinski definition) is 2. The summed E-state index contributed by atoms with van der Waals surface area (Å²) in [5.41, 5.74) is 6.85. The van der Waals surface area contributed by atoms with Crippen LogP contribution in [0.3, 0.4) is 0 Å². The second-order valence-electron chi connectivity index (χ2n) is 3.95. The molecule has 0 radical (unpaired) electrons. The van der Waals surface area contributed by atoms with E-state index in [9.17, 15) is 4.79 Å². The minimum absolute atomic E-state index is 0.305. The van der Waals surface area contributed by atoms with Crippen LogP contribution in [0, 0.1) is 0 Å². The molecule has 2 atom stereocenters. The highest BCUT2D eigenvalue weighted by Gasteiger charge is 2.22. The number of nitrogens with two attached hydrogens (primary N) is 1. The molecule has 0 aliphatic carbocycles. The van der Waals surface area contributed by atoms with Crippen molar-refractivity contribution in [2.75, 3.05) is 7.11 Å². The number of carboxylic acids is 1. The largest absolute Gasteiger partial charge is 0.480 e. The molecule has 2 unspecified atom stereocenters. The molecule has 1 aromatic carbocycles. The Hall–Kier alpha value is -1.76. The van der Waals surface area contributed by atoms with Gasteiger partial charge in [-0.25, -0.2) is 4.98 Å². The lowest BCUT2D eigenvalue weighted by Crippen LogP contribution is -2.21. The van der Waals surface area contributed by atoms with Crippen molar-refractivity contribution in [2.45, 2.75) is 12.1 Å². The van der Waals surface area contributed by atoms with E-state index in [2.05, 4.69) is 4.98 Å². The predicted molar refractivity (Wildman–Crippen MR) is 72.0 cm³/mol. The van der Waals surface area contributed by atoms with Gasteiger partial charge in [0, 0.05) is 12.5 Å². The van der Waals surface area contributed by atoms with Crippen molar-refractivity contribution in [1.29, 1.82) is 0 Å². The maximum Gasteiger partial charge on any atom is 0.326 e. The second kappa shape index (κ2) is 5.92. The SMILES string of the molecule is COC(c1ccccc1)c1nc(C(N)C(=O)O)cs1. The van der Waals surface area contributed by atoms with E-state index in [4.69, 9.17) is 15.6 Å². The van der Waals surface area contributed by atoms with E-state index in [0.29, 0.717) is 10.7 Å². The smallest absolute Gasteiger partial charge is 0.326 e. The highest BCUT2D eigenvalue weighted by atomic mass is 32.1. The van der Waals surface area contributed by atoms with Crippen LogP contribution in [0.2, 0.25) is 0 Å². The Kier molecular flexibility index (Phi) is 4.26. The van der Waals surface area contributed by atoms with Crippen LogP contribution in [-0.4, -0.2) is 23.2 Å². The summed E-state index contributed by atoms with van der Waals surface area (Å²) in [4.78, 5) is 15.1. The number of carbonyl (C=O) groups is 1. The first-order valence-electron chi connectivity index (χ1n) is 5.65. The summed E-state index contributed by atoms with van der Waals surface area (Å²) in [6, 6.07) is 8.53. The van der Waals surface area contributed by atoms with Crippen LogP contribution in [0.4, 0.5) is 0 Å². The van der Waals surface area contributed by atoms with Crippen molar-refractivity contribution >= 4 is 17.3 Å². The van der Waals surface area contributed by atoms with Gasteiger partial charge in [-0.15, -0.1) is 11.3 Å². The summed E-state index contributed by atoms with van der Waals surface area (Å²) in [7, 11) is 1.59. The molecule has 1 aromatic heterocycles. The maximum atomic E-state index is 10.8. The van der Waals surface area contributed by atoms with Crippen molar-refractivity contribution < 1.29 is 14.6 Å². The molecule has 3 N–H and O–H groups in total. The molecule has 0 amide bonds. The number of carboxylic acid groups (broad SMARTS) is 1. The molecule has 0 spiro atoms. The number of nitrogens with zero attached hydrogens (tertiary/aromatic N) is 1. The number of methoxy groups -OCH3 is 1. The predicted octanol–water partition coefficient (Wildman–Crippen LogP) is 1.96. The fourth-order valence-electron chi connectivity index (χ4n) is 1.70. The van der Waals surface area contributed by atoms with Crippen molar-refractivity contribution in [3.05, 3.63) is 52.0 Å². The van der Waals surface area contributed by atoms with Gasteiger partial charge in [-0.1, -0.05) is 30.3 Å². The molecular formula is C13H14N2O3S. The van der Waals surface area contributed by atoms with E-state index in [-0.39, 0.29) is 6.10 Å². The minimum Gasteiger partial charge on any atom is -0.480 e. The zero-order valence-corrected chi connectivity index (χ0v) is 11.1. The quantitative estimate of drug-likeness (QED) is 0.873. The van der Waals surface area contributed by atoms with E-state index in [0.717, 1.165) is 5.56 Å². The van der Waals surface area contributed by atoms with Crippen LogP contribution in [0.15, 0.2) is 35.7 Å². The van der Waals surface area contributed by atoms with E-state index in [1.807, 2.05) is 30.3 Å². The second-order valence-corrected chi connectivity index (χ2v) is 4.84. The summed E-state index contributed by atoms with van der Waals surface area (Å²) in [6.07, 6.45) is -0.305. The van der Waals surface area contributed by atoms with Gasteiger partial charge in [0.25, 0.3) is 0 Å². The zero-order chi connectivity index (χ0) is 13.8. The Balaban J connectivity index is 2.28. The van der Waals surface area contributed by atoms with E-state index >= 15 is 0 Å². The maximum absolute atomic E-state index is 10.8. The number of aromatic nitrogens is 1. The van der Waals surface area contributed by atoms with Gasteiger partial charge >= 0.3 is 5.97 Å². The molecule has 0 aliphatic rings. The summed E-state index contributed by atoms with van der Waals surface area (Å²) >= 11 is 1.34. The first-order chi connectivity index (χ1) is 9.13. The van der Waals surface area contributed by atoms with Gasteiger partial charge in [0.15, 0.2) is 0 Å². The van der Waals surface area contributed by atoms with Gasteiger partial charge in [-0.05, 0) is 5.56 Å². The lowest BCUT2D eigenvalue weighted by molar-refractivity contribution is -0.138.